The number of aryl methyl sites for hydroxylation is 1. The smallest absolute Gasteiger partial charge is 0.325 e. The van der Waals surface area contributed by atoms with Crippen molar-refractivity contribution in [3.05, 3.63) is 69.2 Å². The molecule has 0 spiro atoms. The minimum Gasteiger partial charge on any atom is -0.348 e. The quantitative estimate of drug-likeness (QED) is 0.591. The maximum atomic E-state index is 13.1. The topological polar surface area (TPSA) is 78.5 Å². The van der Waals surface area contributed by atoms with Crippen molar-refractivity contribution in [3.63, 3.8) is 0 Å². The molecule has 0 unspecified atom stereocenters. The first-order valence-corrected chi connectivity index (χ1v) is 10.9. The molecule has 1 saturated heterocycles. The van der Waals surface area contributed by atoms with Gasteiger partial charge in [-0.2, -0.15) is 0 Å². The van der Waals surface area contributed by atoms with E-state index in [2.05, 4.69) is 17.6 Å². The number of halogens is 2. The van der Waals surface area contributed by atoms with Gasteiger partial charge in [0.2, 0.25) is 5.91 Å². The Bertz CT molecular complexity index is 1010. The fraction of sp³-hybridized carbons (Fsp3) is 0.348. The summed E-state index contributed by atoms with van der Waals surface area (Å²) in [6.07, 6.45) is 1.97. The third-order valence-electron chi connectivity index (χ3n) is 5.47. The Hall–Kier alpha value is -2.57. The molecular weight excluding hydrogens is 437 g/mol. The van der Waals surface area contributed by atoms with Crippen molar-refractivity contribution in [2.45, 2.75) is 45.2 Å². The van der Waals surface area contributed by atoms with Crippen molar-refractivity contribution in [2.24, 2.45) is 0 Å². The van der Waals surface area contributed by atoms with E-state index in [-0.39, 0.29) is 12.6 Å². The zero-order valence-corrected chi connectivity index (χ0v) is 19.2. The molecule has 1 fully saturated rings. The molecule has 2 aromatic rings. The van der Waals surface area contributed by atoms with Crippen LogP contribution in [0.2, 0.25) is 10.0 Å². The Morgan fingerprint density at radius 3 is 2.42 bits per heavy atom. The van der Waals surface area contributed by atoms with E-state index >= 15 is 0 Å². The highest BCUT2D eigenvalue weighted by atomic mass is 35.5. The summed E-state index contributed by atoms with van der Waals surface area (Å²) in [5.74, 6) is -0.914. The number of benzene rings is 2. The Morgan fingerprint density at radius 2 is 1.81 bits per heavy atom. The average Bonchev–Trinajstić information content (AvgIpc) is 2.94. The number of nitrogens with one attached hydrogen (secondary N) is 2. The number of carbonyl (C=O) groups excluding carboxylic acids is 3. The minimum atomic E-state index is -1.21. The Kier molecular flexibility index (Phi) is 6.92. The second-order valence-electron chi connectivity index (χ2n) is 7.86. The summed E-state index contributed by atoms with van der Waals surface area (Å²) in [5.41, 5.74) is 1.39. The van der Waals surface area contributed by atoms with Crippen LogP contribution in [0.15, 0.2) is 42.5 Å². The maximum absolute atomic E-state index is 13.1. The molecule has 0 saturated carbocycles. The fourth-order valence-corrected chi connectivity index (χ4v) is 3.93. The first-order chi connectivity index (χ1) is 14.7. The van der Waals surface area contributed by atoms with E-state index in [1.165, 1.54) is 5.56 Å². The van der Waals surface area contributed by atoms with Gasteiger partial charge in [0.15, 0.2) is 0 Å². The van der Waals surface area contributed by atoms with Crippen molar-refractivity contribution in [1.29, 1.82) is 0 Å². The maximum Gasteiger partial charge on any atom is 0.325 e. The lowest BCUT2D eigenvalue weighted by Gasteiger charge is -2.23. The molecule has 0 bridgehead atoms. The molecule has 4 amide bonds. The number of amides is 4. The third-order valence-corrected chi connectivity index (χ3v) is 6.21. The van der Waals surface area contributed by atoms with Gasteiger partial charge in [-0.05, 0) is 49.1 Å². The molecule has 2 N–H and O–H groups in total. The lowest BCUT2D eigenvalue weighted by molar-refractivity contribution is -0.135. The summed E-state index contributed by atoms with van der Waals surface area (Å²) in [6, 6.07) is 11.7. The highest BCUT2D eigenvalue weighted by molar-refractivity contribution is 6.42. The molecule has 164 valence electrons. The molecule has 0 aromatic heterocycles. The first-order valence-electron chi connectivity index (χ1n) is 10.1. The highest BCUT2D eigenvalue weighted by Crippen LogP contribution is 2.29. The van der Waals surface area contributed by atoms with Crippen LogP contribution in [-0.4, -0.2) is 29.3 Å². The number of hydrogen-bond donors (Lipinski definition) is 2. The van der Waals surface area contributed by atoms with E-state index in [1.54, 1.807) is 32.0 Å². The number of imide groups is 1. The second-order valence-corrected chi connectivity index (χ2v) is 8.67. The lowest BCUT2D eigenvalue weighted by atomic mass is 9.91. The van der Waals surface area contributed by atoms with E-state index in [4.69, 9.17) is 23.2 Å². The van der Waals surface area contributed by atoms with E-state index in [9.17, 15) is 14.4 Å². The molecule has 1 heterocycles. The van der Waals surface area contributed by atoms with E-state index < -0.39 is 23.4 Å². The van der Waals surface area contributed by atoms with Crippen LogP contribution >= 0.6 is 23.2 Å². The van der Waals surface area contributed by atoms with Crippen LogP contribution in [0.5, 0.6) is 0 Å². The van der Waals surface area contributed by atoms with Crippen molar-refractivity contribution in [2.75, 3.05) is 6.54 Å². The zero-order valence-electron chi connectivity index (χ0n) is 17.7. The predicted molar refractivity (Wildman–Crippen MR) is 121 cm³/mol. The number of carbonyl (C=O) groups is 3. The number of nitrogens with zero attached hydrogens (tertiary/aromatic N) is 1. The van der Waals surface area contributed by atoms with Crippen LogP contribution in [-0.2, 0) is 21.5 Å². The molecular formula is C23H25Cl2N3O3. The molecule has 2 aromatic carbocycles. The van der Waals surface area contributed by atoms with Gasteiger partial charge in [-0.25, -0.2) is 4.79 Å². The van der Waals surface area contributed by atoms with Crippen LogP contribution < -0.4 is 10.6 Å². The normalized spacial score (nSPS) is 19.3. The molecule has 0 radical (unpaired) electrons. The van der Waals surface area contributed by atoms with Gasteiger partial charge in [0.05, 0.1) is 16.1 Å². The molecule has 1 aliphatic rings. The van der Waals surface area contributed by atoms with Gasteiger partial charge in [-0.1, -0.05) is 66.9 Å². The van der Waals surface area contributed by atoms with Crippen LogP contribution in [0.4, 0.5) is 4.79 Å². The number of rotatable bonds is 7. The SMILES string of the molecule is CCCc1ccc([C@@]2(C)NC(=O)N(CC(=O)N[C@@H](C)c3ccc(Cl)c(Cl)c3)C2=O)cc1. The van der Waals surface area contributed by atoms with Crippen molar-refractivity contribution >= 4 is 41.0 Å². The van der Waals surface area contributed by atoms with Gasteiger partial charge >= 0.3 is 6.03 Å². The zero-order chi connectivity index (χ0) is 22.8. The minimum absolute atomic E-state index is 0.375. The lowest BCUT2D eigenvalue weighted by Crippen LogP contribution is -2.43. The first kappa shape index (κ1) is 23.1. The van der Waals surface area contributed by atoms with E-state index in [0.29, 0.717) is 15.6 Å². The highest BCUT2D eigenvalue weighted by Gasteiger charge is 2.49. The summed E-state index contributed by atoms with van der Waals surface area (Å²) in [6.45, 7) is 5.16. The van der Waals surface area contributed by atoms with E-state index in [0.717, 1.165) is 23.3 Å². The fourth-order valence-electron chi connectivity index (χ4n) is 3.63. The number of hydrogen-bond acceptors (Lipinski definition) is 3. The molecule has 31 heavy (non-hydrogen) atoms. The number of urea groups is 1. The van der Waals surface area contributed by atoms with Gasteiger partial charge in [-0.15, -0.1) is 0 Å². The Labute approximate surface area is 191 Å². The summed E-state index contributed by atoms with van der Waals surface area (Å²) in [7, 11) is 0. The molecule has 1 aliphatic heterocycles. The van der Waals surface area contributed by atoms with Gasteiger partial charge in [0.25, 0.3) is 5.91 Å². The van der Waals surface area contributed by atoms with Crippen LogP contribution in [0, 0.1) is 0 Å². The standard InChI is InChI=1S/C23H25Cl2N3O3/c1-4-5-15-6-9-17(10-7-15)23(3)21(30)28(22(31)27-23)13-20(29)26-14(2)16-8-11-18(24)19(25)12-16/h6-12,14H,4-5,13H2,1-3H3,(H,26,29)(H,27,31)/t14-,23+/m0/s1. The summed E-state index contributed by atoms with van der Waals surface area (Å²) in [5, 5.41) is 6.32. The van der Waals surface area contributed by atoms with Crippen molar-refractivity contribution < 1.29 is 14.4 Å². The van der Waals surface area contributed by atoms with Crippen molar-refractivity contribution in [3.8, 4) is 0 Å². The van der Waals surface area contributed by atoms with Crippen LogP contribution in [0.25, 0.3) is 0 Å². The molecule has 3 rings (SSSR count). The van der Waals surface area contributed by atoms with Gasteiger partial charge in [-0.3, -0.25) is 14.5 Å². The van der Waals surface area contributed by atoms with Crippen molar-refractivity contribution in [1.82, 2.24) is 15.5 Å². The van der Waals surface area contributed by atoms with Gasteiger partial charge in [0, 0.05) is 0 Å². The predicted octanol–water partition coefficient (Wildman–Crippen LogP) is 4.59. The molecule has 2 atom stereocenters. The monoisotopic (exact) mass is 461 g/mol. The van der Waals surface area contributed by atoms with E-state index in [1.807, 2.05) is 24.3 Å². The average molecular weight is 462 g/mol. The molecule has 6 nitrogen and oxygen atoms in total. The van der Waals surface area contributed by atoms with Crippen LogP contribution in [0.3, 0.4) is 0 Å². The van der Waals surface area contributed by atoms with Crippen LogP contribution in [0.1, 0.15) is 49.9 Å². The van der Waals surface area contributed by atoms with Gasteiger partial charge < -0.3 is 10.6 Å². The van der Waals surface area contributed by atoms with Gasteiger partial charge in [0.1, 0.15) is 12.1 Å². The third kappa shape index (κ3) is 4.86. The summed E-state index contributed by atoms with van der Waals surface area (Å²) in [4.78, 5) is 39.0. The largest absolute Gasteiger partial charge is 0.348 e. The molecule has 8 heteroatoms. The second kappa shape index (κ2) is 9.28. The Morgan fingerprint density at radius 1 is 1.13 bits per heavy atom. The summed E-state index contributed by atoms with van der Waals surface area (Å²) >= 11 is 12.0. The summed E-state index contributed by atoms with van der Waals surface area (Å²) < 4.78 is 0. The Balaban J connectivity index is 1.68. The molecule has 0 aliphatic carbocycles.